The van der Waals surface area contributed by atoms with Crippen molar-refractivity contribution in [2.24, 2.45) is 0 Å². The van der Waals surface area contributed by atoms with Gasteiger partial charge in [-0.1, -0.05) is 0 Å². The van der Waals surface area contributed by atoms with Crippen molar-refractivity contribution >= 4 is 120 Å². The van der Waals surface area contributed by atoms with E-state index in [1.54, 1.807) is 0 Å². The first-order chi connectivity index (χ1) is 0. The third-order valence-electron chi connectivity index (χ3n) is 0. The van der Waals surface area contributed by atoms with Gasteiger partial charge in [0.1, 0.15) is 0 Å². The second-order valence-electron chi connectivity index (χ2n) is 0. The zero-order chi connectivity index (χ0) is 0. The van der Waals surface area contributed by atoms with Crippen LogP contribution < -0.4 is 0 Å². The van der Waals surface area contributed by atoms with E-state index in [4.69, 9.17) is 0 Å². The van der Waals surface area contributed by atoms with E-state index in [2.05, 4.69) is 0 Å². The summed E-state index contributed by atoms with van der Waals surface area (Å²) in [5, 5.41) is 0. The summed E-state index contributed by atoms with van der Waals surface area (Å²) in [6.07, 6.45) is 0. The fourth-order valence-electron chi connectivity index (χ4n) is 0. The van der Waals surface area contributed by atoms with Gasteiger partial charge in [-0.2, -0.15) is 0 Å². The minimum absolute atomic E-state index is 0. The maximum absolute atomic E-state index is 0. The molecule has 0 aliphatic rings. The summed E-state index contributed by atoms with van der Waals surface area (Å²) >= 11 is 0. The molecule has 0 aliphatic heterocycles. The molecule has 0 aromatic heterocycles. The van der Waals surface area contributed by atoms with Gasteiger partial charge in [-0.3, -0.25) is 0 Å². The molecule has 1 atom stereocenters. The third-order valence-corrected chi connectivity index (χ3v) is 0. The molecule has 0 aromatic rings. The third kappa shape index (κ3) is 23.3. The molecular weight excluding hydrogens is 839 g/mol. The normalized spacial score (nSPS) is 0. The SMILES string of the molecule is [Ag].[AsH3].[BiH3].[PbH2].[SbH3].[SnH2]. The molecule has 0 heterocycles. The van der Waals surface area contributed by atoms with Gasteiger partial charge in [0.05, 0.1) is 0 Å². The molecule has 0 bridgehead atoms. The van der Waals surface area contributed by atoms with E-state index in [0.29, 0.717) is 0 Å². The van der Waals surface area contributed by atoms with Gasteiger partial charge in [-0.05, 0) is 0 Å². The van der Waals surface area contributed by atoms with Crippen LogP contribution in [0.3, 0.4) is 0 Å². The van der Waals surface area contributed by atoms with Crippen molar-refractivity contribution in [3.8, 4) is 0 Å². The molecule has 0 fully saturated rings. The second kappa shape index (κ2) is 33.2. The van der Waals surface area contributed by atoms with Crippen LogP contribution in [0.25, 0.3) is 0 Å². The molecule has 0 N–H and O–H groups in total. The quantitative estimate of drug-likeness (QED) is 0.214. The van der Waals surface area contributed by atoms with Crippen LogP contribution >= 0.6 is 0 Å². The van der Waals surface area contributed by atoms with E-state index >= 15 is 0 Å². The fourth-order valence-corrected chi connectivity index (χ4v) is 0. The summed E-state index contributed by atoms with van der Waals surface area (Å²) in [5.41, 5.74) is 0. The molecule has 5 radical (unpaired) electrons. The van der Waals surface area contributed by atoms with Gasteiger partial charge in [0.25, 0.3) is 0 Å². The molecule has 0 aromatic carbocycles. The van der Waals surface area contributed by atoms with Gasteiger partial charge < -0.3 is 0 Å². The molecule has 0 spiro atoms. The predicted octanol–water partition coefficient (Wildman–Crippen LogP) is -5.39. The summed E-state index contributed by atoms with van der Waals surface area (Å²) in [6.45, 7) is 0. The van der Waals surface area contributed by atoms with Gasteiger partial charge in [0.15, 0.2) is 0 Å². The summed E-state index contributed by atoms with van der Waals surface area (Å²) in [6, 6.07) is 0. The average Bonchev–Trinajstić information content (AvgIpc) is 0. The predicted molar refractivity (Wildman–Crippen MR) is 46.9 cm³/mol. The Kier molecular flexibility index (Phi) is 251. The Morgan fingerprint density at radius 3 is 1.00 bits per heavy atom. The van der Waals surface area contributed by atoms with Crippen LogP contribution in [0.1, 0.15) is 0 Å². The van der Waals surface area contributed by atoms with Crippen LogP contribution in [-0.4, -0.2) is 120 Å². The van der Waals surface area contributed by atoms with Crippen molar-refractivity contribution in [3.05, 3.63) is 0 Å². The summed E-state index contributed by atoms with van der Waals surface area (Å²) in [7, 11) is 0. The van der Waals surface area contributed by atoms with Crippen molar-refractivity contribution in [2.45, 2.75) is 0 Å². The standard InChI is InChI=1S/Ag.AsH3.Bi.Pb.Sb.Sn.10H/h;1H3;;;;;;;;;;;;;;. The second-order valence-corrected chi connectivity index (χ2v) is 0. The molecule has 6 heavy (non-hydrogen) atoms. The summed E-state index contributed by atoms with van der Waals surface area (Å²) < 4.78 is 0. The van der Waals surface area contributed by atoms with Gasteiger partial charge in [0, 0.05) is 22.4 Å². The van der Waals surface area contributed by atoms with Crippen LogP contribution in [0.4, 0.5) is 0 Å². The summed E-state index contributed by atoms with van der Waals surface area (Å²) in [4.78, 5) is 0. The Labute approximate surface area is 139 Å². The van der Waals surface area contributed by atoms with Crippen molar-refractivity contribution < 1.29 is 22.4 Å². The topological polar surface area (TPSA) is 0 Å². The van der Waals surface area contributed by atoms with Gasteiger partial charge >= 0.3 is 120 Å². The zero-order valence-corrected chi connectivity index (χ0v) is 27.4. The van der Waals surface area contributed by atoms with E-state index in [-0.39, 0.29) is 142 Å². The molecule has 1 unspecified atom stereocenters. The Morgan fingerprint density at radius 1 is 1.00 bits per heavy atom. The van der Waals surface area contributed by atoms with E-state index in [1.807, 2.05) is 0 Å². The van der Waals surface area contributed by atoms with Crippen LogP contribution in [0.5, 0.6) is 0 Å². The molecule has 6 heteroatoms. The van der Waals surface area contributed by atoms with E-state index in [1.165, 1.54) is 0 Å². The molecule has 0 saturated carbocycles. The number of rotatable bonds is 0. The van der Waals surface area contributed by atoms with Crippen LogP contribution in [-0.2, 0) is 22.4 Å². The Hall–Kier alpha value is 4.72. The first kappa shape index (κ1) is 45.5. The Bertz CT molecular complexity index is 15.5. The monoisotopic (exact) mass is 853 g/mol. The molecule has 0 saturated heterocycles. The van der Waals surface area contributed by atoms with Crippen molar-refractivity contribution in [3.63, 3.8) is 0 Å². The van der Waals surface area contributed by atoms with Crippen LogP contribution in [0.15, 0.2) is 0 Å². The Balaban J connectivity index is 0. The molecule has 0 aliphatic carbocycles. The van der Waals surface area contributed by atoms with Crippen molar-refractivity contribution in [1.29, 1.82) is 0 Å². The Morgan fingerprint density at radius 2 is 1.00 bits per heavy atom. The number of hydrogen-bond donors (Lipinski definition) is 0. The maximum atomic E-state index is 0. The zero-order valence-electron chi connectivity index (χ0n) is 3.84. The van der Waals surface area contributed by atoms with Crippen molar-refractivity contribution in [2.75, 3.05) is 0 Å². The minimum atomic E-state index is 0. The molecule has 47 valence electrons. The van der Waals surface area contributed by atoms with Crippen molar-refractivity contribution in [1.82, 2.24) is 0 Å². The van der Waals surface area contributed by atoms with Gasteiger partial charge in [-0.25, -0.2) is 0 Å². The van der Waals surface area contributed by atoms with Gasteiger partial charge in [0.2, 0.25) is 0 Å². The summed E-state index contributed by atoms with van der Waals surface area (Å²) in [5.74, 6) is 0. The fraction of sp³-hybridized carbons (Fsp3) is 0. The first-order valence-corrected chi connectivity index (χ1v) is 0. The van der Waals surface area contributed by atoms with Gasteiger partial charge in [-0.15, -0.1) is 0 Å². The molecule has 0 amide bonds. The number of hydrogen-bond acceptors (Lipinski definition) is 0. The van der Waals surface area contributed by atoms with E-state index < -0.39 is 0 Å². The molecule has 0 rings (SSSR count). The van der Waals surface area contributed by atoms with Crippen LogP contribution in [0, 0.1) is 0 Å². The molecule has 0 nitrogen and oxygen atoms in total. The average molecular weight is 853 g/mol. The van der Waals surface area contributed by atoms with E-state index in [9.17, 15) is 0 Å². The van der Waals surface area contributed by atoms with Crippen LogP contribution in [0.2, 0.25) is 0 Å². The first-order valence-electron chi connectivity index (χ1n) is 0. The van der Waals surface area contributed by atoms with E-state index in [0.717, 1.165) is 0 Å². The molecular formula is H13AgAsBiPbSbSn.